The van der Waals surface area contributed by atoms with Crippen LogP contribution in [-0.4, -0.2) is 12.5 Å². The highest BCUT2D eigenvalue weighted by Gasteiger charge is 1.76. The molecular weight excluding hydrogens is 102 g/mol. The van der Waals surface area contributed by atoms with Crippen LogP contribution in [0, 0.1) is 0 Å². The number of carbonyl (C=O) groups excluding carboxylic acids is 1. The molecule has 0 unspecified atom stereocenters. The third-order valence-corrected chi connectivity index (χ3v) is 0.836. The fourth-order valence-electron chi connectivity index (χ4n) is 0.393. The van der Waals surface area contributed by atoms with Crippen LogP contribution < -0.4 is 5.32 Å². The predicted octanol–water partition coefficient (Wildman–Crippen LogP) is 0.721. The lowest BCUT2D eigenvalue weighted by atomic mass is 10.3. The van der Waals surface area contributed by atoms with Gasteiger partial charge in [0.1, 0.15) is 5.94 Å². The van der Waals surface area contributed by atoms with Gasteiger partial charge in [-0.05, 0) is 6.42 Å². The molecule has 0 rings (SSSR count). The Labute approximate surface area is 49.6 Å². The summed E-state index contributed by atoms with van der Waals surface area (Å²) >= 11 is 0. The van der Waals surface area contributed by atoms with Crippen molar-refractivity contribution in [2.24, 2.45) is 0 Å². The molecule has 0 saturated heterocycles. The molecule has 0 saturated carbocycles. The van der Waals surface area contributed by atoms with Crippen LogP contribution in [0.4, 0.5) is 0 Å². The maximum atomic E-state index is 9.52. The molecule has 0 aromatic carbocycles. The van der Waals surface area contributed by atoms with E-state index in [-0.39, 0.29) is 0 Å². The maximum absolute atomic E-state index is 9.52. The van der Waals surface area contributed by atoms with E-state index in [2.05, 4.69) is 12.2 Å². The molecule has 8 heavy (non-hydrogen) atoms. The first-order valence-corrected chi connectivity index (χ1v) is 2.84. The van der Waals surface area contributed by atoms with Gasteiger partial charge >= 0.3 is 0 Å². The van der Waals surface area contributed by atoms with Crippen LogP contribution in [0.1, 0.15) is 19.8 Å². The van der Waals surface area contributed by atoms with Crippen molar-refractivity contribution in [3.63, 3.8) is 0 Å². The zero-order valence-corrected chi connectivity index (χ0v) is 5.11. The highest BCUT2D eigenvalue weighted by molar-refractivity contribution is 5.43. The molecule has 2 nitrogen and oxygen atoms in total. The second-order valence-electron chi connectivity index (χ2n) is 1.57. The summed E-state index contributed by atoms with van der Waals surface area (Å²) in [5, 5.41) is 2.79. The van der Waals surface area contributed by atoms with Gasteiger partial charge in [0.25, 0.3) is 0 Å². The maximum Gasteiger partial charge on any atom is 0.141 e. The first-order valence-electron chi connectivity index (χ1n) is 2.84. The first kappa shape index (κ1) is 7.25. The number of hydrogen-bond acceptors (Lipinski definition) is 2. The Morgan fingerprint density at radius 3 is 3.00 bits per heavy atom. The molecule has 2 heteroatoms. The summed E-state index contributed by atoms with van der Waals surface area (Å²) in [5.41, 5.74) is 0. The average molecular weight is 113 g/mol. The van der Waals surface area contributed by atoms with Crippen LogP contribution in [0.3, 0.4) is 0 Å². The normalized spacial score (nSPS) is 7.62. The third-order valence-electron chi connectivity index (χ3n) is 0.836. The predicted molar refractivity (Wildman–Crippen MR) is 33.2 cm³/mol. The second-order valence-corrected chi connectivity index (χ2v) is 1.57. The molecule has 0 aromatic rings. The van der Waals surface area contributed by atoms with Crippen molar-refractivity contribution in [3.05, 3.63) is 6.20 Å². The van der Waals surface area contributed by atoms with E-state index in [1.807, 2.05) is 0 Å². The molecule has 0 aromatic heterocycles. The van der Waals surface area contributed by atoms with Crippen molar-refractivity contribution in [2.45, 2.75) is 19.8 Å². The highest BCUT2D eigenvalue weighted by Crippen LogP contribution is 1.80. The molecule has 0 spiro atoms. The van der Waals surface area contributed by atoms with Crippen LogP contribution >= 0.6 is 0 Å². The van der Waals surface area contributed by atoms with E-state index >= 15 is 0 Å². The molecule has 0 heterocycles. The molecule has 0 aliphatic carbocycles. The number of unbranched alkanes of at least 4 members (excludes halogenated alkanes) is 1. The Kier molecular flexibility index (Phi) is 5.66. The van der Waals surface area contributed by atoms with E-state index in [1.54, 1.807) is 5.94 Å². The summed E-state index contributed by atoms with van der Waals surface area (Å²) in [6, 6.07) is 0. The van der Waals surface area contributed by atoms with E-state index in [9.17, 15) is 4.79 Å². The van der Waals surface area contributed by atoms with Gasteiger partial charge in [-0.3, -0.25) is 0 Å². The summed E-state index contributed by atoms with van der Waals surface area (Å²) in [5.74, 6) is 1.64. The summed E-state index contributed by atoms with van der Waals surface area (Å²) in [7, 11) is 0. The smallest absolute Gasteiger partial charge is 0.141 e. The molecule has 0 bridgehead atoms. The van der Waals surface area contributed by atoms with Crippen LogP contribution in [0.2, 0.25) is 0 Å². The number of hydrogen-bond donors (Lipinski definition) is 1. The summed E-state index contributed by atoms with van der Waals surface area (Å²) in [6.07, 6.45) is 3.56. The van der Waals surface area contributed by atoms with Crippen molar-refractivity contribution in [1.82, 2.24) is 5.32 Å². The number of nitrogens with one attached hydrogen (secondary N) is 1. The Hall–Kier alpha value is -0.750. The Morgan fingerprint density at radius 2 is 2.50 bits per heavy atom. The van der Waals surface area contributed by atoms with E-state index < -0.39 is 0 Å². The topological polar surface area (TPSA) is 29.1 Å². The van der Waals surface area contributed by atoms with Gasteiger partial charge in [-0.15, -0.1) is 0 Å². The van der Waals surface area contributed by atoms with Crippen LogP contribution in [0.25, 0.3) is 0 Å². The largest absolute Gasteiger partial charge is 0.382 e. The van der Waals surface area contributed by atoms with E-state index in [1.165, 1.54) is 6.20 Å². The monoisotopic (exact) mass is 113 g/mol. The van der Waals surface area contributed by atoms with Gasteiger partial charge in [-0.25, -0.2) is 4.79 Å². The molecule has 0 aliphatic heterocycles. The molecular formula is C6H11NO. The SMILES string of the molecule is CCCCNC=C=O. The highest BCUT2D eigenvalue weighted by atomic mass is 16.1. The minimum Gasteiger partial charge on any atom is -0.382 e. The zero-order chi connectivity index (χ0) is 6.24. The van der Waals surface area contributed by atoms with E-state index in [0.717, 1.165) is 19.4 Å². The molecule has 1 N–H and O–H groups in total. The summed E-state index contributed by atoms with van der Waals surface area (Å²) < 4.78 is 0. The summed E-state index contributed by atoms with van der Waals surface area (Å²) in [4.78, 5) is 9.52. The van der Waals surface area contributed by atoms with Gasteiger partial charge in [0.05, 0.1) is 6.20 Å². The van der Waals surface area contributed by atoms with Gasteiger partial charge in [0.2, 0.25) is 0 Å². The average Bonchev–Trinajstić information content (AvgIpc) is 1.81. The molecule has 0 fully saturated rings. The van der Waals surface area contributed by atoms with Crippen LogP contribution in [0.15, 0.2) is 6.20 Å². The molecule has 0 amide bonds. The lowest BCUT2D eigenvalue weighted by molar-refractivity contribution is 0.566. The van der Waals surface area contributed by atoms with Gasteiger partial charge in [-0.2, -0.15) is 0 Å². The van der Waals surface area contributed by atoms with Crippen molar-refractivity contribution in [3.8, 4) is 0 Å². The van der Waals surface area contributed by atoms with Gasteiger partial charge in [-0.1, -0.05) is 13.3 Å². The minimum absolute atomic E-state index is 0.881. The lowest BCUT2D eigenvalue weighted by Crippen LogP contribution is -2.05. The van der Waals surface area contributed by atoms with Gasteiger partial charge in [0, 0.05) is 6.54 Å². The Bertz CT molecular complexity index is 84.5. The zero-order valence-electron chi connectivity index (χ0n) is 5.11. The van der Waals surface area contributed by atoms with Crippen molar-refractivity contribution < 1.29 is 4.79 Å². The molecule has 0 radical (unpaired) electrons. The van der Waals surface area contributed by atoms with E-state index in [0.29, 0.717) is 0 Å². The minimum atomic E-state index is 0.881. The lowest BCUT2D eigenvalue weighted by Gasteiger charge is -1.92. The summed E-state index contributed by atoms with van der Waals surface area (Å²) in [6.45, 7) is 2.98. The van der Waals surface area contributed by atoms with Gasteiger partial charge in [0.15, 0.2) is 0 Å². The Morgan fingerprint density at radius 1 is 1.75 bits per heavy atom. The fraction of sp³-hybridized carbons (Fsp3) is 0.667. The van der Waals surface area contributed by atoms with Crippen molar-refractivity contribution in [1.29, 1.82) is 0 Å². The fourth-order valence-corrected chi connectivity index (χ4v) is 0.393. The van der Waals surface area contributed by atoms with Crippen molar-refractivity contribution in [2.75, 3.05) is 6.54 Å². The number of rotatable bonds is 4. The molecule has 46 valence electrons. The van der Waals surface area contributed by atoms with Gasteiger partial charge < -0.3 is 5.32 Å². The molecule has 0 atom stereocenters. The first-order chi connectivity index (χ1) is 3.91. The standard InChI is InChI=1S/C6H11NO/c1-2-3-4-7-5-6-8/h5,7H,2-4H2,1H3. The third kappa shape index (κ3) is 5.25. The van der Waals surface area contributed by atoms with Crippen LogP contribution in [0.5, 0.6) is 0 Å². The Balaban J connectivity index is 2.82. The van der Waals surface area contributed by atoms with Crippen LogP contribution in [-0.2, 0) is 4.79 Å². The molecule has 0 aliphatic rings. The second kappa shape index (κ2) is 6.25. The van der Waals surface area contributed by atoms with E-state index in [4.69, 9.17) is 0 Å². The quantitative estimate of drug-likeness (QED) is 0.430. The van der Waals surface area contributed by atoms with Crippen molar-refractivity contribution >= 4 is 5.94 Å².